The highest BCUT2D eigenvalue weighted by Gasteiger charge is 2.30. The maximum absolute atomic E-state index is 6.57. The molecule has 2 aromatic heterocycles. The lowest BCUT2D eigenvalue weighted by Crippen LogP contribution is -2.29. The maximum atomic E-state index is 6.57. The van der Waals surface area contributed by atoms with Crippen LogP contribution in [0.15, 0.2) is 54.7 Å². The van der Waals surface area contributed by atoms with Gasteiger partial charge in [-0.2, -0.15) is 0 Å². The van der Waals surface area contributed by atoms with Crippen LogP contribution in [0.2, 0.25) is 5.02 Å². The van der Waals surface area contributed by atoms with Crippen LogP contribution in [0.4, 0.5) is 17.2 Å². The number of hydrogen-bond acceptors (Lipinski definition) is 5. The van der Waals surface area contributed by atoms with E-state index >= 15 is 0 Å². The first kappa shape index (κ1) is 16.6. The normalized spacial score (nSPS) is 14.3. The summed E-state index contributed by atoms with van der Waals surface area (Å²) in [5, 5.41) is 2.68. The number of fused-ring (bicyclic) bond motifs is 6. The Morgan fingerprint density at radius 3 is 2.79 bits per heavy atom. The van der Waals surface area contributed by atoms with Crippen LogP contribution in [0.25, 0.3) is 16.9 Å². The Labute approximate surface area is 172 Å². The van der Waals surface area contributed by atoms with Gasteiger partial charge in [-0.3, -0.25) is 9.83 Å². The molecule has 2 aliphatic rings. The van der Waals surface area contributed by atoms with Crippen LogP contribution in [0.5, 0.6) is 11.5 Å². The molecule has 0 aliphatic carbocycles. The van der Waals surface area contributed by atoms with Crippen LogP contribution in [0.3, 0.4) is 0 Å². The predicted octanol–water partition coefficient (Wildman–Crippen LogP) is 5.21. The fourth-order valence-corrected chi connectivity index (χ4v) is 4.17. The number of halogens is 1. The van der Waals surface area contributed by atoms with Crippen molar-refractivity contribution in [2.75, 3.05) is 23.6 Å². The molecule has 0 unspecified atom stereocenters. The van der Waals surface area contributed by atoms with E-state index in [1.165, 1.54) is 0 Å². The molecule has 0 spiro atoms. The lowest BCUT2D eigenvalue weighted by molar-refractivity contribution is 0.171. The Morgan fingerprint density at radius 2 is 1.90 bits per heavy atom. The van der Waals surface area contributed by atoms with Gasteiger partial charge in [0.15, 0.2) is 17.3 Å². The van der Waals surface area contributed by atoms with Crippen molar-refractivity contribution < 1.29 is 9.47 Å². The lowest BCUT2D eigenvalue weighted by Gasteiger charge is -2.32. The Hall–Kier alpha value is -3.38. The number of aromatic nitrogens is 2. The van der Waals surface area contributed by atoms with Crippen LogP contribution in [0, 0.1) is 6.92 Å². The first-order valence-electron chi connectivity index (χ1n) is 9.43. The van der Waals surface area contributed by atoms with E-state index in [9.17, 15) is 0 Å². The zero-order valence-electron chi connectivity index (χ0n) is 15.6. The van der Waals surface area contributed by atoms with Gasteiger partial charge in [-0.15, -0.1) is 0 Å². The van der Waals surface area contributed by atoms with Crippen molar-refractivity contribution in [2.45, 2.75) is 6.92 Å². The Balaban J connectivity index is 1.62. The van der Waals surface area contributed by atoms with Gasteiger partial charge in [-0.1, -0.05) is 23.7 Å². The summed E-state index contributed by atoms with van der Waals surface area (Å²) in [6.45, 7) is 3.18. The minimum Gasteiger partial charge on any atom is -0.486 e. The highest BCUT2D eigenvalue weighted by molar-refractivity contribution is 6.34. The summed E-state index contributed by atoms with van der Waals surface area (Å²) >= 11 is 6.57. The molecule has 2 aliphatic heterocycles. The molecule has 0 bridgehead atoms. The first-order valence-corrected chi connectivity index (χ1v) is 9.81. The van der Waals surface area contributed by atoms with Gasteiger partial charge in [-0.25, -0.2) is 9.99 Å². The van der Waals surface area contributed by atoms with Crippen LogP contribution in [-0.4, -0.2) is 22.6 Å². The second-order valence-electron chi connectivity index (χ2n) is 7.16. The molecule has 1 N–H and O–H groups in total. The van der Waals surface area contributed by atoms with E-state index in [-0.39, 0.29) is 0 Å². The molecule has 6 rings (SSSR count). The molecule has 0 saturated heterocycles. The number of hydrazine groups is 1. The summed E-state index contributed by atoms with van der Waals surface area (Å²) in [6, 6.07) is 15.8. The third kappa shape index (κ3) is 2.46. The van der Waals surface area contributed by atoms with E-state index in [4.69, 9.17) is 26.1 Å². The summed E-state index contributed by atoms with van der Waals surface area (Å²) in [5.41, 5.74) is 9.07. The third-order valence-corrected chi connectivity index (χ3v) is 5.53. The van der Waals surface area contributed by atoms with Crippen LogP contribution in [-0.2, 0) is 0 Å². The predicted molar refractivity (Wildman–Crippen MR) is 114 cm³/mol. The molecule has 7 heteroatoms. The van der Waals surface area contributed by atoms with Gasteiger partial charge in [0.05, 0.1) is 16.4 Å². The van der Waals surface area contributed by atoms with Gasteiger partial charge in [-0.05, 0) is 42.8 Å². The van der Waals surface area contributed by atoms with E-state index in [0.29, 0.717) is 18.2 Å². The molecule has 0 saturated carbocycles. The topological polar surface area (TPSA) is 51.0 Å². The minimum absolute atomic E-state index is 0.544. The number of benzene rings is 2. The maximum Gasteiger partial charge on any atom is 0.165 e. The Bertz CT molecular complexity index is 1280. The van der Waals surface area contributed by atoms with E-state index < -0.39 is 0 Å². The largest absolute Gasteiger partial charge is 0.486 e. The molecule has 0 amide bonds. The quantitative estimate of drug-likeness (QED) is 0.471. The lowest BCUT2D eigenvalue weighted by atomic mass is 10.1. The average Bonchev–Trinajstić information content (AvgIpc) is 3.11. The molecule has 6 nitrogen and oxygen atoms in total. The van der Waals surface area contributed by atoms with Crippen molar-refractivity contribution in [3.8, 4) is 22.8 Å². The summed E-state index contributed by atoms with van der Waals surface area (Å²) in [4.78, 5) is 4.90. The standard InChI is InChI=1S/C22H17ClN4O2/c1-13-5-8-19-24-21-20-15(23)3-2-4-16(20)25-27(22(21)26(19)12-13)14-6-7-17-18(11-14)29-10-9-28-17/h2-8,11-12,25H,9-10H2,1H3. The number of imidazole rings is 1. The van der Waals surface area contributed by atoms with E-state index in [2.05, 4.69) is 29.0 Å². The zero-order chi connectivity index (χ0) is 19.5. The second kappa shape index (κ2) is 6.06. The first-order chi connectivity index (χ1) is 14.2. The zero-order valence-corrected chi connectivity index (χ0v) is 16.4. The number of nitrogens with zero attached hydrogens (tertiary/aromatic N) is 3. The average molecular weight is 405 g/mol. The van der Waals surface area contributed by atoms with Gasteiger partial charge in [0.2, 0.25) is 0 Å². The molecule has 144 valence electrons. The van der Waals surface area contributed by atoms with E-state index in [0.717, 1.165) is 51.2 Å². The van der Waals surface area contributed by atoms with Gasteiger partial charge in [0.1, 0.15) is 24.6 Å². The molecule has 0 atom stereocenters. The molecular formula is C22H17ClN4O2. The number of ether oxygens (including phenoxy) is 2. The van der Waals surface area contributed by atoms with Crippen molar-refractivity contribution in [1.29, 1.82) is 0 Å². The summed E-state index contributed by atoms with van der Waals surface area (Å²) in [6.07, 6.45) is 2.08. The molecule has 29 heavy (non-hydrogen) atoms. The molecule has 0 radical (unpaired) electrons. The second-order valence-corrected chi connectivity index (χ2v) is 7.56. The summed E-state index contributed by atoms with van der Waals surface area (Å²) < 4.78 is 13.6. The smallest absolute Gasteiger partial charge is 0.165 e. The fourth-order valence-electron chi connectivity index (χ4n) is 3.91. The fraction of sp³-hybridized carbons (Fsp3) is 0.136. The van der Waals surface area contributed by atoms with Gasteiger partial charge >= 0.3 is 0 Å². The van der Waals surface area contributed by atoms with Gasteiger partial charge < -0.3 is 9.47 Å². The van der Waals surface area contributed by atoms with Crippen molar-refractivity contribution in [2.24, 2.45) is 0 Å². The monoisotopic (exact) mass is 404 g/mol. The number of pyridine rings is 1. The van der Waals surface area contributed by atoms with Crippen molar-refractivity contribution in [3.63, 3.8) is 0 Å². The molecule has 0 fully saturated rings. The highest BCUT2D eigenvalue weighted by Crippen LogP contribution is 2.47. The number of hydrogen-bond donors (Lipinski definition) is 1. The van der Waals surface area contributed by atoms with Gasteiger partial charge in [0, 0.05) is 17.8 Å². The molecule has 4 heterocycles. The summed E-state index contributed by atoms with van der Waals surface area (Å²) in [7, 11) is 0. The van der Waals surface area contributed by atoms with E-state index in [1.54, 1.807) is 0 Å². The van der Waals surface area contributed by atoms with Crippen molar-refractivity contribution in [3.05, 3.63) is 65.3 Å². The van der Waals surface area contributed by atoms with Crippen LogP contribution in [0.1, 0.15) is 5.56 Å². The Morgan fingerprint density at radius 1 is 1.03 bits per heavy atom. The minimum atomic E-state index is 0.544. The van der Waals surface area contributed by atoms with Crippen LogP contribution < -0.4 is 19.9 Å². The SMILES string of the molecule is Cc1ccc2nc3c(n2c1)N(c1ccc2c(c1)OCCO2)Nc1cccc(Cl)c1-3. The number of aryl methyl sites for hydroxylation is 1. The summed E-state index contributed by atoms with van der Waals surface area (Å²) in [5.74, 6) is 2.40. The molecular weight excluding hydrogens is 388 g/mol. The molecule has 2 aromatic carbocycles. The highest BCUT2D eigenvalue weighted by atomic mass is 35.5. The van der Waals surface area contributed by atoms with Crippen molar-refractivity contribution in [1.82, 2.24) is 9.38 Å². The number of rotatable bonds is 1. The third-order valence-electron chi connectivity index (χ3n) is 5.22. The van der Waals surface area contributed by atoms with Gasteiger partial charge in [0.25, 0.3) is 0 Å². The van der Waals surface area contributed by atoms with Crippen molar-refractivity contribution >= 4 is 34.4 Å². The molecule has 4 aromatic rings. The van der Waals surface area contributed by atoms with E-state index in [1.807, 2.05) is 47.5 Å². The number of anilines is 3. The van der Waals surface area contributed by atoms with Crippen LogP contribution >= 0.6 is 11.6 Å². The number of nitrogens with one attached hydrogen (secondary N) is 1. The Kier molecular flexibility index (Phi) is 3.46.